The van der Waals surface area contributed by atoms with Crippen LogP contribution in [0.5, 0.6) is 0 Å². The molecule has 1 atom stereocenters. The largest absolute Gasteiger partial charge is 0.381 e. The number of carbonyl (C=O) groups excluding carboxylic acids is 1. The zero-order valence-corrected chi connectivity index (χ0v) is 13.4. The second kappa shape index (κ2) is 7.42. The van der Waals surface area contributed by atoms with Gasteiger partial charge in [0.1, 0.15) is 0 Å². The summed E-state index contributed by atoms with van der Waals surface area (Å²) in [5, 5.41) is 7.35. The maximum Gasteiger partial charge on any atom is 0.220 e. The van der Waals surface area contributed by atoms with E-state index >= 15 is 0 Å². The molecule has 1 aliphatic rings. The molecule has 0 spiro atoms. The van der Waals surface area contributed by atoms with Gasteiger partial charge in [0, 0.05) is 32.0 Å². The molecule has 0 unspecified atom stereocenters. The molecule has 5 nitrogen and oxygen atoms in total. The molecule has 1 aliphatic heterocycles. The van der Waals surface area contributed by atoms with Crippen molar-refractivity contribution in [1.29, 1.82) is 0 Å². The van der Waals surface area contributed by atoms with Gasteiger partial charge in [-0.15, -0.1) is 0 Å². The van der Waals surface area contributed by atoms with Crippen LogP contribution in [0.15, 0.2) is 42.7 Å². The predicted octanol–water partition coefficient (Wildman–Crippen LogP) is 2.87. The fraction of sp³-hybridized carbons (Fsp3) is 0.444. The van der Waals surface area contributed by atoms with Crippen molar-refractivity contribution in [2.45, 2.75) is 32.2 Å². The average molecular weight is 313 g/mol. The van der Waals surface area contributed by atoms with Gasteiger partial charge in [-0.3, -0.25) is 4.79 Å². The molecule has 0 radical (unpaired) electrons. The van der Waals surface area contributed by atoms with Gasteiger partial charge in [-0.1, -0.05) is 12.1 Å². The number of carbonyl (C=O) groups is 1. The van der Waals surface area contributed by atoms with Gasteiger partial charge in [0.25, 0.3) is 0 Å². The van der Waals surface area contributed by atoms with Crippen molar-refractivity contribution in [3.8, 4) is 5.69 Å². The third-order valence-electron chi connectivity index (χ3n) is 4.33. The number of hydrogen-bond donors (Lipinski definition) is 1. The van der Waals surface area contributed by atoms with Crippen LogP contribution in [0.4, 0.5) is 0 Å². The lowest BCUT2D eigenvalue weighted by Gasteiger charge is -2.22. The van der Waals surface area contributed by atoms with Gasteiger partial charge in [-0.25, -0.2) is 4.68 Å². The smallest absolute Gasteiger partial charge is 0.220 e. The van der Waals surface area contributed by atoms with E-state index in [0.29, 0.717) is 12.3 Å². The lowest BCUT2D eigenvalue weighted by molar-refractivity contribution is -0.123. The molecule has 1 aromatic heterocycles. The Hall–Kier alpha value is -2.14. The van der Waals surface area contributed by atoms with Crippen LogP contribution in [0.3, 0.4) is 0 Å². The quantitative estimate of drug-likeness (QED) is 0.923. The number of aromatic nitrogens is 2. The Kier molecular flexibility index (Phi) is 5.08. The van der Waals surface area contributed by atoms with Gasteiger partial charge in [-0.2, -0.15) is 5.10 Å². The molecule has 1 saturated heterocycles. The van der Waals surface area contributed by atoms with Crippen LogP contribution >= 0.6 is 0 Å². The van der Waals surface area contributed by atoms with Crippen molar-refractivity contribution in [2.24, 2.45) is 5.92 Å². The zero-order valence-electron chi connectivity index (χ0n) is 13.4. The number of nitrogens with zero attached hydrogens (tertiary/aromatic N) is 2. The predicted molar refractivity (Wildman–Crippen MR) is 88.3 cm³/mol. The van der Waals surface area contributed by atoms with Crippen LogP contribution in [0.1, 0.15) is 37.8 Å². The second-order valence-electron chi connectivity index (χ2n) is 6.09. The van der Waals surface area contributed by atoms with E-state index in [1.54, 1.807) is 6.20 Å². The van der Waals surface area contributed by atoms with Crippen molar-refractivity contribution in [3.63, 3.8) is 0 Å². The molecule has 1 aromatic carbocycles. The van der Waals surface area contributed by atoms with Crippen LogP contribution in [0, 0.1) is 5.92 Å². The molecular formula is C18H23N3O2. The molecule has 122 valence electrons. The molecule has 0 saturated carbocycles. The van der Waals surface area contributed by atoms with E-state index < -0.39 is 0 Å². The first-order valence-corrected chi connectivity index (χ1v) is 8.19. The Bertz CT molecular complexity index is 633. The van der Waals surface area contributed by atoms with Crippen molar-refractivity contribution >= 4 is 5.91 Å². The van der Waals surface area contributed by atoms with Crippen LogP contribution in [0.2, 0.25) is 0 Å². The van der Waals surface area contributed by atoms with E-state index in [1.807, 2.05) is 42.1 Å². The number of benzene rings is 1. The highest BCUT2D eigenvalue weighted by Gasteiger charge is 2.18. The van der Waals surface area contributed by atoms with Gasteiger partial charge in [-0.05, 0) is 49.4 Å². The zero-order chi connectivity index (χ0) is 16.1. The van der Waals surface area contributed by atoms with Crippen molar-refractivity contribution in [3.05, 3.63) is 48.3 Å². The summed E-state index contributed by atoms with van der Waals surface area (Å²) >= 11 is 0. The highest BCUT2D eigenvalue weighted by molar-refractivity contribution is 5.76. The van der Waals surface area contributed by atoms with Crippen LogP contribution < -0.4 is 5.32 Å². The summed E-state index contributed by atoms with van der Waals surface area (Å²) in [6, 6.07) is 9.98. The summed E-state index contributed by atoms with van der Waals surface area (Å²) in [4.78, 5) is 12.2. The molecule has 1 amide bonds. The second-order valence-corrected chi connectivity index (χ2v) is 6.09. The SMILES string of the molecule is C[C@@H](NC(=O)CC1CCOCC1)c1cccc(-n2cccn2)c1. The number of ether oxygens (including phenoxy) is 1. The minimum absolute atomic E-state index is 0.0159. The summed E-state index contributed by atoms with van der Waals surface area (Å²) in [6.45, 7) is 3.57. The minimum atomic E-state index is -0.0159. The van der Waals surface area contributed by atoms with E-state index in [0.717, 1.165) is 37.3 Å². The normalized spacial score (nSPS) is 16.9. The maximum atomic E-state index is 12.2. The van der Waals surface area contributed by atoms with E-state index in [-0.39, 0.29) is 11.9 Å². The fourth-order valence-electron chi connectivity index (χ4n) is 2.95. The van der Waals surface area contributed by atoms with Crippen molar-refractivity contribution < 1.29 is 9.53 Å². The van der Waals surface area contributed by atoms with Crippen LogP contribution in [0.25, 0.3) is 5.69 Å². The molecule has 1 N–H and O–H groups in total. The number of amides is 1. The Labute approximate surface area is 136 Å². The van der Waals surface area contributed by atoms with Gasteiger partial charge < -0.3 is 10.1 Å². The van der Waals surface area contributed by atoms with Gasteiger partial charge in [0.15, 0.2) is 0 Å². The Morgan fingerprint density at radius 1 is 1.39 bits per heavy atom. The molecular weight excluding hydrogens is 290 g/mol. The van der Waals surface area contributed by atoms with Gasteiger partial charge in [0.2, 0.25) is 5.91 Å². The monoisotopic (exact) mass is 313 g/mol. The molecule has 1 fully saturated rings. The summed E-state index contributed by atoms with van der Waals surface area (Å²) in [5.74, 6) is 0.570. The lowest BCUT2D eigenvalue weighted by atomic mass is 9.96. The van der Waals surface area contributed by atoms with Gasteiger partial charge in [0.05, 0.1) is 11.7 Å². The molecule has 0 bridgehead atoms. The highest BCUT2D eigenvalue weighted by Crippen LogP contribution is 2.20. The summed E-state index contributed by atoms with van der Waals surface area (Å²) < 4.78 is 7.16. The van der Waals surface area contributed by atoms with E-state index in [9.17, 15) is 4.79 Å². The van der Waals surface area contributed by atoms with Crippen molar-refractivity contribution in [2.75, 3.05) is 13.2 Å². The summed E-state index contributed by atoms with van der Waals surface area (Å²) in [6.07, 6.45) is 6.22. The van der Waals surface area contributed by atoms with Crippen LogP contribution in [-0.4, -0.2) is 28.9 Å². The Balaban J connectivity index is 1.60. The first kappa shape index (κ1) is 15.7. The molecule has 2 aromatic rings. The number of hydrogen-bond acceptors (Lipinski definition) is 3. The van der Waals surface area contributed by atoms with Crippen LogP contribution in [-0.2, 0) is 9.53 Å². The maximum absolute atomic E-state index is 12.2. The molecule has 0 aliphatic carbocycles. The fourth-order valence-corrected chi connectivity index (χ4v) is 2.95. The van der Waals surface area contributed by atoms with E-state index in [1.165, 1.54) is 0 Å². The topological polar surface area (TPSA) is 56.1 Å². The molecule has 2 heterocycles. The summed E-state index contributed by atoms with van der Waals surface area (Å²) in [5.41, 5.74) is 2.08. The molecule has 5 heteroatoms. The van der Waals surface area contributed by atoms with E-state index in [4.69, 9.17) is 4.74 Å². The van der Waals surface area contributed by atoms with Gasteiger partial charge >= 0.3 is 0 Å². The average Bonchev–Trinajstić information content (AvgIpc) is 3.10. The minimum Gasteiger partial charge on any atom is -0.381 e. The first-order chi connectivity index (χ1) is 11.2. The highest BCUT2D eigenvalue weighted by atomic mass is 16.5. The number of nitrogens with one attached hydrogen (secondary N) is 1. The number of rotatable bonds is 5. The standard InChI is InChI=1S/C18H23N3O2/c1-14(20-18(22)12-15-6-10-23-11-7-15)16-4-2-5-17(13-16)21-9-3-8-19-21/h2-5,8-9,13-15H,6-7,10-12H2,1H3,(H,20,22)/t14-/m1/s1. The molecule has 23 heavy (non-hydrogen) atoms. The first-order valence-electron chi connectivity index (χ1n) is 8.19. The third-order valence-corrected chi connectivity index (χ3v) is 4.33. The molecule has 3 rings (SSSR count). The van der Waals surface area contributed by atoms with Crippen molar-refractivity contribution in [1.82, 2.24) is 15.1 Å². The Morgan fingerprint density at radius 3 is 2.96 bits per heavy atom. The van der Waals surface area contributed by atoms with E-state index in [2.05, 4.69) is 16.5 Å². The Morgan fingerprint density at radius 2 is 2.22 bits per heavy atom. The summed E-state index contributed by atoms with van der Waals surface area (Å²) in [7, 11) is 0. The lowest BCUT2D eigenvalue weighted by Crippen LogP contribution is -2.30. The third kappa shape index (κ3) is 4.20.